The average Bonchev–Trinajstić information content (AvgIpc) is 3.12. The molecule has 0 radical (unpaired) electrons. The van der Waals surface area contributed by atoms with E-state index < -0.39 is 5.92 Å². The molecule has 1 unspecified atom stereocenters. The van der Waals surface area contributed by atoms with E-state index in [1.807, 2.05) is 23.1 Å². The van der Waals surface area contributed by atoms with Crippen LogP contribution in [0.1, 0.15) is 22.0 Å². The molecular formula is C18H14N4OS. The zero-order chi connectivity index (χ0) is 16.9. The highest BCUT2D eigenvalue weighted by molar-refractivity contribution is 7.98. The number of carbonyl (C=O) groups is 1. The lowest BCUT2D eigenvalue weighted by Crippen LogP contribution is -2.13. The Morgan fingerprint density at radius 2 is 2.08 bits per heavy atom. The van der Waals surface area contributed by atoms with Gasteiger partial charge in [0.05, 0.1) is 11.8 Å². The fourth-order valence-electron chi connectivity index (χ4n) is 2.42. The topological polar surface area (TPSA) is 71.6 Å². The minimum Gasteiger partial charge on any atom is -0.295 e. The van der Waals surface area contributed by atoms with Crippen molar-refractivity contribution in [1.29, 1.82) is 5.26 Å². The van der Waals surface area contributed by atoms with Crippen molar-refractivity contribution in [3.05, 3.63) is 72.3 Å². The number of pyridine rings is 1. The van der Waals surface area contributed by atoms with Crippen molar-refractivity contribution in [2.24, 2.45) is 0 Å². The number of rotatable bonds is 5. The first kappa shape index (κ1) is 16.0. The summed E-state index contributed by atoms with van der Waals surface area (Å²) >= 11 is 1.52. The van der Waals surface area contributed by atoms with Crippen molar-refractivity contribution in [3.8, 4) is 11.8 Å². The molecule has 0 saturated carbocycles. The molecule has 6 heteroatoms. The van der Waals surface area contributed by atoms with Crippen LogP contribution < -0.4 is 0 Å². The highest BCUT2D eigenvalue weighted by Gasteiger charge is 2.23. The zero-order valence-electron chi connectivity index (χ0n) is 13.0. The summed E-state index contributed by atoms with van der Waals surface area (Å²) in [7, 11) is 0. The number of imidazole rings is 1. The smallest absolute Gasteiger partial charge is 0.186 e. The molecule has 0 fully saturated rings. The van der Waals surface area contributed by atoms with Gasteiger partial charge < -0.3 is 0 Å². The lowest BCUT2D eigenvalue weighted by atomic mass is 9.95. The fraction of sp³-hybridized carbons (Fsp3) is 0.111. The van der Waals surface area contributed by atoms with Crippen LogP contribution in [0.4, 0.5) is 0 Å². The van der Waals surface area contributed by atoms with E-state index in [2.05, 4.69) is 16.0 Å². The maximum Gasteiger partial charge on any atom is 0.186 e. The summed E-state index contributed by atoms with van der Waals surface area (Å²) in [6, 6.07) is 14.5. The number of nitriles is 1. The van der Waals surface area contributed by atoms with Crippen molar-refractivity contribution in [2.45, 2.75) is 11.1 Å². The van der Waals surface area contributed by atoms with Gasteiger partial charge >= 0.3 is 0 Å². The fourth-order valence-corrected chi connectivity index (χ4v) is 2.95. The van der Waals surface area contributed by atoms with Crippen molar-refractivity contribution in [3.63, 3.8) is 0 Å². The summed E-state index contributed by atoms with van der Waals surface area (Å²) in [6.07, 6.45) is 7.09. The number of hydrogen-bond acceptors (Lipinski definition) is 5. The lowest BCUT2D eigenvalue weighted by Gasteiger charge is -2.10. The molecule has 1 atom stereocenters. The predicted octanol–water partition coefficient (Wildman–Crippen LogP) is 3.48. The summed E-state index contributed by atoms with van der Waals surface area (Å²) in [5.74, 6) is -1.17. The third kappa shape index (κ3) is 3.07. The SMILES string of the molecule is CSc1nccn1-c1cccc(C(=O)C(C#N)c2ccccn2)c1. The molecule has 0 bridgehead atoms. The third-order valence-corrected chi connectivity index (χ3v) is 4.24. The van der Waals surface area contributed by atoms with Crippen LogP contribution in [0.3, 0.4) is 0 Å². The molecule has 0 spiro atoms. The Bertz CT molecular complexity index is 899. The van der Waals surface area contributed by atoms with E-state index >= 15 is 0 Å². The standard InChI is InChI=1S/C18H14N4OS/c1-24-18-21-9-10-22(18)14-6-4-5-13(11-14)17(23)15(12-19)16-7-2-3-8-20-16/h2-11,15H,1H3. The van der Waals surface area contributed by atoms with Crippen molar-refractivity contribution < 1.29 is 4.79 Å². The van der Waals surface area contributed by atoms with Crippen molar-refractivity contribution in [2.75, 3.05) is 6.26 Å². The highest BCUT2D eigenvalue weighted by Crippen LogP contribution is 2.22. The Hall–Kier alpha value is -2.91. The monoisotopic (exact) mass is 334 g/mol. The van der Waals surface area contributed by atoms with Gasteiger partial charge in [-0.25, -0.2) is 4.98 Å². The Labute approximate surface area is 144 Å². The second-order valence-corrected chi connectivity index (χ2v) is 5.79. The second-order valence-electron chi connectivity index (χ2n) is 5.02. The van der Waals surface area contributed by atoms with Gasteiger partial charge in [-0.15, -0.1) is 0 Å². The summed E-state index contributed by atoms with van der Waals surface area (Å²) in [5.41, 5.74) is 1.77. The van der Waals surface area contributed by atoms with Gasteiger partial charge in [-0.1, -0.05) is 30.0 Å². The first-order chi connectivity index (χ1) is 11.7. The second kappa shape index (κ2) is 7.11. The minimum atomic E-state index is -0.913. The number of Topliss-reactive ketones (excluding diaryl/α,β-unsaturated/α-hetero) is 1. The summed E-state index contributed by atoms with van der Waals surface area (Å²) in [5, 5.41) is 10.3. The Morgan fingerprint density at radius 1 is 1.21 bits per heavy atom. The molecule has 0 saturated heterocycles. The van der Waals surface area contributed by atoms with Crippen LogP contribution in [0.5, 0.6) is 0 Å². The van der Waals surface area contributed by atoms with Crippen LogP contribution in [0.25, 0.3) is 5.69 Å². The largest absolute Gasteiger partial charge is 0.295 e. The van der Waals surface area contributed by atoms with E-state index in [1.165, 1.54) is 11.8 Å². The number of hydrogen-bond donors (Lipinski definition) is 0. The summed E-state index contributed by atoms with van der Waals surface area (Å²) in [6.45, 7) is 0. The van der Waals surface area contributed by atoms with Crippen LogP contribution in [0.2, 0.25) is 0 Å². The van der Waals surface area contributed by atoms with Crippen molar-refractivity contribution >= 4 is 17.5 Å². The van der Waals surface area contributed by atoms with E-state index in [0.29, 0.717) is 11.3 Å². The van der Waals surface area contributed by atoms with Crippen LogP contribution >= 0.6 is 11.8 Å². The molecule has 5 nitrogen and oxygen atoms in total. The Kier molecular flexibility index (Phi) is 4.73. The number of nitrogens with zero attached hydrogens (tertiary/aromatic N) is 4. The normalized spacial score (nSPS) is 11.7. The minimum absolute atomic E-state index is 0.260. The van der Waals surface area contributed by atoms with Gasteiger partial charge in [-0.2, -0.15) is 5.26 Å². The predicted molar refractivity (Wildman–Crippen MR) is 92.3 cm³/mol. The van der Waals surface area contributed by atoms with Crippen LogP contribution in [-0.2, 0) is 0 Å². The van der Waals surface area contributed by atoms with Gasteiger partial charge in [-0.05, 0) is 30.5 Å². The molecule has 3 rings (SSSR count). The molecule has 2 aromatic heterocycles. The summed E-state index contributed by atoms with van der Waals surface area (Å²) < 4.78 is 1.91. The van der Waals surface area contributed by atoms with E-state index in [4.69, 9.17) is 0 Å². The van der Waals surface area contributed by atoms with Gasteiger partial charge in [0.15, 0.2) is 16.9 Å². The number of ketones is 1. The van der Waals surface area contributed by atoms with E-state index in [1.54, 1.807) is 48.8 Å². The molecule has 118 valence electrons. The average molecular weight is 334 g/mol. The molecule has 0 aliphatic rings. The molecule has 0 N–H and O–H groups in total. The van der Waals surface area contributed by atoms with Gasteiger partial charge in [-0.3, -0.25) is 14.3 Å². The van der Waals surface area contributed by atoms with E-state index in [9.17, 15) is 10.1 Å². The van der Waals surface area contributed by atoms with Gasteiger partial charge in [0.2, 0.25) is 0 Å². The van der Waals surface area contributed by atoms with Gasteiger partial charge in [0, 0.05) is 29.8 Å². The molecule has 2 heterocycles. The number of thioether (sulfide) groups is 1. The lowest BCUT2D eigenvalue weighted by molar-refractivity contribution is 0.0977. The van der Waals surface area contributed by atoms with Crippen LogP contribution in [0.15, 0.2) is 66.2 Å². The molecule has 1 aromatic carbocycles. The molecule has 0 aliphatic heterocycles. The third-order valence-electron chi connectivity index (χ3n) is 3.57. The molecule has 0 amide bonds. The van der Waals surface area contributed by atoms with E-state index in [-0.39, 0.29) is 5.78 Å². The van der Waals surface area contributed by atoms with Crippen LogP contribution in [-0.4, -0.2) is 26.6 Å². The van der Waals surface area contributed by atoms with Crippen molar-refractivity contribution in [1.82, 2.24) is 14.5 Å². The van der Waals surface area contributed by atoms with E-state index in [0.717, 1.165) is 10.8 Å². The zero-order valence-corrected chi connectivity index (χ0v) is 13.8. The molecule has 24 heavy (non-hydrogen) atoms. The maximum atomic E-state index is 12.8. The Balaban J connectivity index is 1.97. The Morgan fingerprint density at radius 3 is 2.79 bits per heavy atom. The molecule has 0 aliphatic carbocycles. The number of aromatic nitrogens is 3. The quantitative estimate of drug-likeness (QED) is 0.528. The first-order valence-electron chi connectivity index (χ1n) is 7.27. The number of benzene rings is 1. The summed E-state index contributed by atoms with van der Waals surface area (Å²) in [4.78, 5) is 21.2. The van der Waals surface area contributed by atoms with Gasteiger partial charge in [0.25, 0.3) is 0 Å². The van der Waals surface area contributed by atoms with Gasteiger partial charge in [0.1, 0.15) is 0 Å². The maximum absolute atomic E-state index is 12.8. The highest BCUT2D eigenvalue weighted by atomic mass is 32.2. The van der Waals surface area contributed by atoms with Crippen LogP contribution in [0, 0.1) is 11.3 Å². The molecular weight excluding hydrogens is 320 g/mol. The number of carbonyl (C=O) groups excluding carboxylic acids is 1. The molecule has 3 aromatic rings. The first-order valence-corrected chi connectivity index (χ1v) is 8.49.